The Morgan fingerprint density at radius 2 is 1.59 bits per heavy atom. The van der Waals surface area contributed by atoms with Gasteiger partial charge in [-0.05, 0) is 31.2 Å². The molecular weight excluding hydrogens is 647 g/mol. The summed E-state index contributed by atoms with van der Waals surface area (Å²) in [6.07, 6.45) is -5.95. The van der Waals surface area contributed by atoms with Gasteiger partial charge in [-0.25, -0.2) is 18.5 Å². The number of aryl methyl sites for hydroxylation is 1. The van der Waals surface area contributed by atoms with Gasteiger partial charge in [0, 0.05) is 17.4 Å². The van der Waals surface area contributed by atoms with Gasteiger partial charge in [0.1, 0.15) is 23.9 Å². The summed E-state index contributed by atoms with van der Waals surface area (Å²) in [6, 6.07) is 14.2. The van der Waals surface area contributed by atoms with Crippen molar-refractivity contribution in [1.29, 1.82) is 0 Å². The fraction of sp³-hybridized carbons (Fsp3) is 0.250. The summed E-state index contributed by atoms with van der Waals surface area (Å²) in [5.74, 6) is 5.36. The highest BCUT2D eigenvalue weighted by Gasteiger charge is 2.47. The molecule has 1 aliphatic rings. The molecule has 0 radical (unpaired) electrons. The molecule has 7 atom stereocenters. The predicted octanol–water partition coefficient (Wildman–Crippen LogP) is 1.33. The van der Waals surface area contributed by atoms with Crippen molar-refractivity contribution in [1.82, 2.24) is 9.55 Å². The van der Waals surface area contributed by atoms with Crippen molar-refractivity contribution in [2.24, 2.45) is 0 Å². The number of ether oxygens (including phenoxy) is 1. The lowest BCUT2D eigenvalue weighted by Gasteiger charge is -2.20. The molecule has 0 amide bonds. The van der Waals surface area contributed by atoms with Gasteiger partial charge in [0.2, 0.25) is 0 Å². The van der Waals surface area contributed by atoms with Crippen molar-refractivity contribution in [3.8, 4) is 11.8 Å². The lowest BCUT2D eigenvalue weighted by atomic mass is 10.1. The minimum absolute atomic E-state index is 0.00859. The topological polar surface area (TPSA) is 256 Å². The number of aromatic nitrogens is 2. The standard InChI is InChI=1S/C24H26N3O14P3/c1-15-7-9-16(10-8-15)11-12-17-13-27(24(31)25-22(17)30)23-21(29)20(28)19(39-23)14-38-43(34,35)41-44(36,37)40-42(32,33)26-18-5-3-2-4-6-18/h2-10,13,19-21,23,28-29H,14H2,1H3,(H,34,35)(H,36,37)(H,25,30,31)(H2,26,32,33)/t19-,20?,21+,23-/m1/s1. The Hall–Kier alpha value is -3.19. The summed E-state index contributed by atoms with van der Waals surface area (Å²) < 4.78 is 55.5. The Morgan fingerprint density at radius 3 is 2.25 bits per heavy atom. The highest BCUT2D eigenvalue weighted by molar-refractivity contribution is 7.68. The molecule has 0 aliphatic carbocycles. The second kappa shape index (κ2) is 13.4. The zero-order valence-electron chi connectivity index (χ0n) is 22.5. The highest BCUT2D eigenvalue weighted by Crippen LogP contribution is 2.67. The number of aromatic amines is 1. The largest absolute Gasteiger partial charge is 0.489 e. The van der Waals surface area contributed by atoms with E-state index in [2.05, 4.69) is 25.0 Å². The number of aliphatic hydroxyl groups is 2. The molecule has 1 aromatic heterocycles. The number of phosphoric acid groups is 2. The van der Waals surface area contributed by atoms with Crippen LogP contribution in [0.4, 0.5) is 5.69 Å². The van der Waals surface area contributed by atoms with Crippen LogP contribution in [0.15, 0.2) is 70.4 Å². The monoisotopic (exact) mass is 673 g/mol. The Labute approximate surface area is 248 Å². The molecule has 0 bridgehead atoms. The number of rotatable bonds is 10. The highest BCUT2D eigenvalue weighted by atomic mass is 31.3. The van der Waals surface area contributed by atoms with E-state index in [0.717, 1.165) is 16.3 Å². The molecule has 1 aliphatic heterocycles. The summed E-state index contributed by atoms with van der Waals surface area (Å²) in [5.41, 5.74) is -0.499. The molecule has 44 heavy (non-hydrogen) atoms. The first-order valence-corrected chi connectivity index (χ1v) is 17.0. The van der Waals surface area contributed by atoms with E-state index in [1.807, 2.05) is 17.0 Å². The van der Waals surface area contributed by atoms with E-state index in [9.17, 15) is 48.2 Å². The summed E-state index contributed by atoms with van der Waals surface area (Å²) in [6.45, 7) is 0.824. The maximum atomic E-state index is 12.5. The molecule has 17 nitrogen and oxygen atoms in total. The lowest BCUT2D eigenvalue weighted by Crippen LogP contribution is -2.38. The number of hydrogen-bond acceptors (Lipinski definition) is 11. The smallest absolute Gasteiger partial charge is 0.387 e. The summed E-state index contributed by atoms with van der Waals surface area (Å²) in [7, 11) is -16.4. The molecule has 2 heterocycles. The number of nitrogens with zero attached hydrogens (tertiary/aromatic N) is 1. The number of benzene rings is 2. The zero-order valence-corrected chi connectivity index (χ0v) is 25.2. The fourth-order valence-corrected chi connectivity index (χ4v) is 7.52. The second-order valence-corrected chi connectivity index (χ2v) is 14.0. The van der Waals surface area contributed by atoms with Gasteiger partial charge in [0.15, 0.2) is 6.23 Å². The molecule has 1 fully saturated rings. The molecule has 4 unspecified atom stereocenters. The average Bonchev–Trinajstić information content (AvgIpc) is 3.20. The minimum Gasteiger partial charge on any atom is -0.387 e. The van der Waals surface area contributed by atoms with Crippen LogP contribution in [0.2, 0.25) is 0 Å². The zero-order chi connectivity index (χ0) is 32.3. The number of aliphatic hydroxyl groups excluding tert-OH is 2. The molecular formula is C24H26N3O14P3. The third kappa shape index (κ3) is 8.93. The number of H-pyrrole nitrogens is 1. The predicted molar refractivity (Wildman–Crippen MR) is 152 cm³/mol. The van der Waals surface area contributed by atoms with E-state index in [1.54, 1.807) is 30.3 Å². The Morgan fingerprint density at radius 1 is 0.932 bits per heavy atom. The third-order valence-electron chi connectivity index (χ3n) is 5.84. The summed E-state index contributed by atoms with van der Waals surface area (Å²) in [5, 5.41) is 22.8. The van der Waals surface area contributed by atoms with E-state index in [0.29, 0.717) is 5.56 Å². The van der Waals surface area contributed by atoms with Crippen LogP contribution in [0, 0.1) is 18.8 Å². The van der Waals surface area contributed by atoms with Gasteiger partial charge in [0.25, 0.3) is 5.56 Å². The molecule has 236 valence electrons. The number of para-hydroxylation sites is 1. The first-order chi connectivity index (χ1) is 20.5. The van der Waals surface area contributed by atoms with Crippen LogP contribution in [0.1, 0.15) is 22.9 Å². The molecule has 2 aromatic carbocycles. The number of nitrogens with one attached hydrogen (secondary N) is 2. The van der Waals surface area contributed by atoms with Crippen LogP contribution in [-0.2, 0) is 31.6 Å². The van der Waals surface area contributed by atoms with E-state index in [-0.39, 0.29) is 11.3 Å². The lowest BCUT2D eigenvalue weighted by molar-refractivity contribution is -0.0542. The Kier molecular flexibility index (Phi) is 10.3. The average molecular weight is 673 g/mol. The van der Waals surface area contributed by atoms with Gasteiger partial charge in [-0.2, -0.15) is 8.62 Å². The van der Waals surface area contributed by atoms with E-state index in [1.165, 1.54) is 24.3 Å². The molecule has 7 N–H and O–H groups in total. The van der Waals surface area contributed by atoms with Crippen LogP contribution < -0.4 is 16.3 Å². The van der Waals surface area contributed by atoms with Gasteiger partial charge in [-0.1, -0.05) is 47.7 Å². The first kappa shape index (κ1) is 33.7. The van der Waals surface area contributed by atoms with Gasteiger partial charge < -0.3 is 29.6 Å². The minimum atomic E-state index is -5.73. The van der Waals surface area contributed by atoms with E-state index in [4.69, 9.17) is 4.74 Å². The van der Waals surface area contributed by atoms with Crippen LogP contribution in [-0.4, -0.2) is 59.4 Å². The molecule has 20 heteroatoms. The Balaban J connectivity index is 1.42. The molecule has 3 aromatic rings. The third-order valence-corrected chi connectivity index (χ3v) is 10.2. The van der Waals surface area contributed by atoms with Crippen LogP contribution >= 0.6 is 23.4 Å². The van der Waals surface area contributed by atoms with Crippen LogP contribution in [0.5, 0.6) is 0 Å². The van der Waals surface area contributed by atoms with Crippen LogP contribution in [0.25, 0.3) is 0 Å². The summed E-state index contributed by atoms with van der Waals surface area (Å²) >= 11 is 0. The number of phosphoric ester groups is 1. The van der Waals surface area contributed by atoms with E-state index >= 15 is 0 Å². The van der Waals surface area contributed by atoms with Crippen molar-refractivity contribution in [3.63, 3.8) is 0 Å². The normalized spacial score (nSPS) is 23.9. The second-order valence-electron chi connectivity index (χ2n) is 9.27. The van der Waals surface area contributed by atoms with Gasteiger partial charge in [-0.3, -0.25) is 24.0 Å². The fourth-order valence-electron chi connectivity index (χ4n) is 3.81. The number of hydrogen-bond donors (Lipinski definition) is 7. The SMILES string of the molecule is Cc1ccc(C#Cc2cn([C@@H]3O[C@H](COP(=O)(O)OP(=O)(O)OP(=O)(O)Nc4ccccc4)C(O)[C@@H]3O)c(=O)[nH]c2=O)cc1. The number of anilines is 1. The van der Waals surface area contributed by atoms with Gasteiger partial charge in [-0.15, -0.1) is 0 Å². The molecule has 0 saturated carbocycles. The van der Waals surface area contributed by atoms with E-state index < -0.39 is 65.8 Å². The van der Waals surface area contributed by atoms with Crippen molar-refractivity contribution in [3.05, 3.63) is 98.3 Å². The van der Waals surface area contributed by atoms with Gasteiger partial charge in [0.05, 0.1) is 6.61 Å². The first-order valence-electron chi connectivity index (χ1n) is 12.4. The quantitative estimate of drug-likeness (QED) is 0.118. The van der Waals surface area contributed by atoms with Crippen molar-refractivity contribution in [2.45, 2.75) is 31.5 Å². The molecule has 4 rings (SSSR count). The van der Waals surface area contributed by atoms with Gasteiger partial charge >= 0.3 is 29.1 Å². The summed E-state index contributed by atoms with van der Waals surface area (Å²) in [4.78, 5) is 56.3. The van der Waals surface area contributed by atoms with Crippen molar-refractivity contribution in [2.75, 3.05) is 11.7 Å². The molecule has 0 spiro atoms. The van der Waals surface area contributed by atoms with Crippen LogP contribution in [0.3, 0.4) is 0 Å². The van der Waals surface area contributed by atoms with Crippen molar-refractivity contribution >= 4 is 29.1 Å². The maximum absolute atomic E-state index is 12.5. The maximum Gasteiger partial charge on any atom is 0.489 e. The van der Waals surface area contributed by atoms with Crippen molar-refractivity contribution < 1.29 is 56.5 Å². The molecule has 1 saturated heterocycles. The Bertz CT molecular complexity index is 1820.